The number of fused-ring (bicyclic) bond motifs is 1. The maximum absolute atomic E-state index is 12.7. The van der Waals surface area contributed by atoms with Gasteiger partial charge in [0.25, 0.3) is 5.56 Å². The van der Waals surface area contributed by atoms with Crippen molar-refractivity contribution in [3.05, 3.63) is 64.2 Å². The van der Waals surface area contributed by atoms with E-state index in [-0.39, 0.29) is 18.8 Å². The van der Waals surface area contributed by atoms with E-state index in [1.165, 1.54) is 18.0 Å². The number of methoxy groups -OCH3 is 1. The zero-order valence-electron chi connectivity index (χ0n) is 16.4. The molecule has 0 bridgehead atoms. The van der Waals surface area contributed by atoms with E-state index in [9.17, 15) is 9.59 Å². The van der Waals surface area contributed by atoms with Gasteiger partial charge in [0, 0.05) is 0 Å². The van der Waals surface area contributed by atoms with Gasteiger partial charge in [0.15, 0.2) is 18.1 Å². The molecule has 29 heavy (non-hydrogen) atoms. The fourth-order valence-electron chi connectivity index (χ4n) is 2.72. The van der Waals surface area contributed by atoms with Crippen LogP contribution in [0.4, 0.5) is 0 Å². The van der Waals surface area contributed by atoms with E-state index >= 15 is 0 Å². The van der Waals surface area contributed by atoms with Crippen LogP contribution in [-0.4, -0.2) is 42.2 Å². The summed E-state index contributed by atoms with van der Waals surface area (Å²) in [4.78, 5) is 28.6. The zero-order chi connectivity index (χ0) is 20.8. The first-order chi connectivity index (χ1) is 14.0. The summed E-state index contributed by atoms with van der Waals surface area (Å²) in [6.45, 7) is 3.48. The Morgan fingerprint density at radius 2 is 2.00 bits per heavy atom. The molecule has 0 aliphatic rings. The quantitative estimate of drug-likeness (QED) is 0.451. The Labute approximate surface area is 167 Å². The standard InChI is InChI=1S/C21H21N3O5/c1-4-28-20(25)13-29-19-11-15(9-10-18(19)27-3)12-22-24-14(2)23-17-8-6-5-7-16(17)21(24)26/h5-12H,4,13H2,1-3H3/b22-12-. The van der Waals surface area contributed by atoms with Gasteiger partial charge < -0.3 is 14.2 Å². The van der Waals surface area contributed by atoms with Crippen LogP contribution in [0.3, 0.4) is 0 Å². The number of benzene rings is 2. The smallest absolute Gasteiger partial charge is 0.344 e. The second-order valence-electron chi connectivity index (χ2n) is 6.04. The molecule has 0 fully saturated rings. The van der Waals surface area contributed by atoms with Crippen molar-refractivity contribution in [3.8, 4) is 11.5 Å². The average Bonchev–Trinajstić information content (AvgIpc) is 2.72. The van der Waals surface area contributed by atoms with Crippen molar-refractivity contribution in [1.82, 2.24) is 9.66 Å². The lowest BCUT2D eigenvalue weighted by molar-refractivity contribution is -0.145. The predicted octanol–water partition coefficient (Wildman–Crippen LogP) is 2.54. The van der Waals surface area contributed by atoms with Crippen LogP contribution in [0, 0.1) is 6.92 Å². The molecule has 0 aliphatic heterocycles. The van der Waals surface area contributed by atoms with Crippen LogP contribution in [0.25, 0.3) is 10.9 Å². The minimum absolute atomic E-state index is 0.238. The highest BCUT2D eigenvalue weighted by Crippen LogP contribution is 2.27. The van der Waals surface area contributed by atoms with Crippen LogP contribution in [-0.2, 0) is 9.53 Å². The van der Waals surface area contributed by atoms with Gasteiger partial charge in [0.05, 0.1) is 30.8 Å². The molecule has 0 saturated carbocycles. The largest absolute Gasteiger partial charge is 0.493 e. The summed E-state index contributed by atoms with van der Waals surface area (Å²) in [5, 5.41) is 4.76. The maximum atomic E-state index is 12.7. The van der Waals surface area contributed by atoms with Crippen LogP contribution in [0.5, 0.6) is 11.5 Å². The Balaban J connectivity index is 1.89. The van der Waals surface area contributed by atoms with E-state index in [0.717, 1.165) is 0 Å². The van der Waals surface area contributed by atoms with Crippen LogP contribution >= 0.6 is 0 Å². The van der Waals surface area contributed by atoms with Crippen LogP contribution in [0.2, 0.25) is 0 Å². The molecule has 8 heteroatoms. The van der Waals surface area contributed by atoms with E-state index in [2.05, 4.69) is 10.1 Å². The molecule has 3 aromatic rings. The van der Waals surface area contributed by atoms with Gasteiger partial charge in [-0.25, -0.2) is 9.78 Å². The molecule has 0 aliphatic carbocycles. The van der Waals surface area contributed by atoms with E-state index in [1.54, 1.807) is 50.2 Å². The number of aromatic nitrogens is 2. The molecule has 0 atom stereocenters. The number of carbonyl (C=O) groups is 1. The molecular formula is C21H21N3O5. The first kappa shape index (κ1) is 20.1. The highest BCUT2D eigenvalue weighted by molar-refractivity contribution is 5.81. The third kappa shape index (κ3) is 4.60. The first-order valence-corrected chi connectivity index (χ1v) is 9.02. The van der Waals surface area contributed by atoms with Gasteiger partial charge >= 0.3 is 5.97 Å². The molecule has 0 spiro atoms. The van der Waals surface area contributed by atoms with E-state index in [0.29, 0.717) is 33.8 Å². The lowest BCUT2D eigenvalue weighted by Gasteiger charge is -2.11. The third-order valence-corrected chi connectivity index (χ3v) is 4.08. The third-order valence-electron chi connectivity index (χ3n) is 4.08. The SMILES string of the molecule is CCOC(=O)COc1cc(/C=N\n2c(C)nc3ccccc3c2=O)ccc1OC. The second-order valence-corrected chi connectivity index (χ2v) is 6.04. The highest BCUT2D eigenvalue weighted by Gasteiger charge is 2.10. The number of esters is 1. The summed E-state index contributed by atoms with van der Waals surface area (Å²) in [7, 11) is 1.50. The second kappa shape index (κ2) is 9.01. The van der Waals surface area contributed by atoms with Crippen molar-refractivity contribution in [2.24, 2.45) is 5.10 Å². The monoisotopic (exact) mass is 395 g/mol. The van der Waals surface area contributed by atoms with Crippen molar-refractivity contribution < 1.29 is 19.0 Å². The summed E-state index contributed by atoms with van der Waals surface area (Å²) in [6, 6.07) is 12.2. The van der Waals surface area contributed by atoms with Gasteiger partial charge in [0.2, 0.25) is 0 Å². The van der Waals surface area contributed by atoms with Crippen molar-refractivity contribution in [2.75, 3.05) is 20.3 Å². The molecule has 0 radical (unpaired) electrons. The van der Waals surface area contributed by atoms with Gasteiger partial charge in [-0.2, -0.15) is 9.78 Å². The lowest BCUT2D eigenvalue weighted by Crippen LogP contribution is -2.20. The molecule has 1 aromatic heterocycles. The van der Waals surface area contributed by atoms with Gasteiger partial charge in [-0.3, -0.25) is 4.79 Å². The molecule has 1 heterocycles. The average molecular weight is 395 g/mol. The van der Waals surface area contributed by atoms with Crippen molar-refractivity contribution in [2.45, 2.75) is 13.8 Å². The number of hydrogen-bond donors (Lipinski definition) is 0. The zero-order valence-corrected chi connectivity index (χ0v) is 16.4. The Bertz CT molecular complexity index is 1120. The van der Waals surface area contributed by atoms with Gasteiger partial charge in [-0.15, -0.1) is 0 Å². The Morgan fingerprint density at radius 1 is 1.21 bits per heavy atom. The number of ether oxygens (including phenoxy) is 3. The fourth-order valence-corrected chi connectivity index (χ4v) is 2.72. The number of para-hydroxylation sites is 1. The molecule has 150 valence electrons. The van der Waals surface area contributed by atoms with E-state index in [1.807, 2.05) is 6.07 Å². The van der Waals surface area contributed by atoms with E-state index < -0.39 is 5.97 Å². The molecule has 8 nitrogen and oxygen atoms in total. The maximum Gasteiger partial charge on any atom is 0.344 e. The van der Waals surface area contributed by atoms with Crippen molar-refractivity contribution in [1.29, 1.82) is 0 Å². The summed E-state index contributed by atoms with van der Waals surface area (Å²) < 4.78 is 16.9. The number of aryl methyl sites for hydroxylation is 1. The predicted molar refractivity (Wildman–Crippen MR) is 109 cm³/mol. The normalized spacial score (nSPS) is 11.0. The fraction of sp³-hybridized carbons (Fsp3) is 0.238. The van der Waals surface area contributed by atoms with Crippen LogP contribution in [0.1, 0.15) is 18.3 Å². The number of rotatable bonds is 7. The number of carbonyl (C=O) groups excluding carboxylic acids is 1. The van der Waals surface area contributed by atoms with Crippen molar-refractivity contribution in [3.63, 3.8) is 0 Å². The Hall–Kier alpha value is -3.68. The summed E-state index contributed by atoms with van der Waals surface area (Å²) in [6.07, 6.45) is 1.52. The summed E-state index contributed by atoms with van der Waals surface area (Å²) in [5.74, 6) is 0.827. The highest BCUT2D eigenvalue weighted by atomic mass is 16.6. The van der Waals surface area contributed by atoms with E-state index in [4.69, 9.17) is 14.2 Å². The summed E-state index contributed by atoms with van der Waals surface area (Å²) >= 11 is 0. The number of nitrogens with zero attached hydrogens (tertiary/aromatic N) is 3. The van der Waals surface area contributed by atoms with Gasteiger partial charge in [0.1, 0.15) is 5.82 Å². The molecular weight excluding hydrogens is 374 g/mol. The van der Waals surface area contributed by atoms with Gasteiger partial charge in [-0.05, 0) is 49.7 Å². The van der Waals surface area contributed by atoms with Gasteiger partial charge in [-0.1, -0.05) is 12.1 Å². The summed E-state index contributed by atoms with van der Waals surface area (Å²) in [5.41, 5.74) is 1.03. The molecule has 0 unspecified atom stereocenters. The minimum Gasteiger partial charge on any atom is -0.493 e. The van der Waals surface area contributed by atoms with Crippen LogP contribution in [0.15, 0.2) is 52.4 Å². The molecule has 0 amide bonds. The molecule has 0 saturated heterocycles. The number of hydrogen-bond acceptors (Lipinski definition) is 7. The van der Waals surface area contributed by atoms with Crippen molar-refractivity contribution >= 4 is 23.1 Å². The molecule has 3 rings (SSSR count). The molecule has 2 aromatic carbocycles. The Kier molecular flexibility index (Phi) is 6.23. The topological polar surface area (TPSA) is 92.0 Å². The van der Waals surface area contributed by atoms with Crippen LogP contribution < -0.4 is 15.0 Å². The minimum atomic E-state index is -0.474. The lowest BCUT2D eigenvalue weighted by atomic mass is 10.2. The first-order valence-electron chi connectivity index (χ1n) is 9.02. The molecule has 0 N–H and O–H groups in total. The Morgan fingerprint density at radius 3 is 2.76 bits per heavy atom.